The quantitative estimate of drug-likeness (QED) is 0.525. The molecular formula is C24H23FN6O. The van der Waals surface area contributed by atoms with Crippen LogP contribution in [0.1, 0.15) is 18.4 Å². The number of amides is 1. The first-order valence-electron chi connectivity index (χ1n) is 10.7. The highest BCUT2D eigenvalue weighted by Crippen LogP contribution is 2.28. The van der Waals surface area contributed by atoms with Gasteiger partial charge in [0.15, 0.2) is 5.82 Å². The average Bonchev–Trinajstić information content (AvgIpc) is 3.28. The van der Waals surface area contributed by atoms with E-state index in [-0.39, 0.29) is 17.6 Å². The predicted molar refractivity (Wildman–Crippen MR) is 119 cm³/mol. The fraction of sp³-hybridized carbons (Fsp3) is 0.250. The van der Waals surface area contributed by atoms with E-state index in [4.69, 9.17) is 0 Å². The monoisotopic (exact) mass is 430 g/mol. The molecule has 32 heavy (non-hydrogen) atoms. The molecule has 0 radical (unpaired) electrons. The third kappa shape index (κ3) is 4.16. The largest absolute Gasteiger partial charge is 0.355 e. The lowest BCUT2D eigenvalue weighted by molar-refractivity contribution is -0.125. The molecule has 4 heterocycles. The molecule has 0 spiro atoms. The lowest BCUT2D eigenvalue weighted by atomic mass is 9.95. The molecule has 0 saturated carbocycles. The van der Waals surface area contributed by atoms with E-state index in [9.17, 15) is 9.18 Å². The highest BCUT2D eigenvalue weighted by molar-refractivity contribution is 5.79. The number of anilines is 1. The average molecular weight is 430 g/mol. The molecule has 4 aromatic rings. The van der Waals surface area contributed by atoms with E-state index in [1.54, 1.807) is 35.2 Å². The fourth-order valence-electron chi connectivity index (χ4n) is 4.10. The number of nitrogens with zero attached hydrogens (tertiary/aromatic N) is 5. The molecule has 1 aliphatic rings. The zero-order valence-corrected chi connectivity index (χ0v) is 17.5. The maximum atomic E-state index is 13.3. The molecule has 5 rings (SSSR count). The number of nitrogens with one attached hydrogen (secondary N) is 1. The van der Waals surface area contributed by atoms with Crippen molar-refractivity contribution in [1.82, 2.24) is 24.9 Å². The van der Waals surface area contributed by atoms with E-state index < -0.39 is 0 Å². The lowest BCUT2D eigenvalue weighted by Crippen LogP contribution is -2.40. The summed E-state index contributed by atoms with van der Waals surface area (Å²) in [6.45, 7) is 1.99. The van der Waals surface area contributed by atoms with Gasteiger partial charge in [-0.3, -0.25) is 9.78 Å². The maximum absolute atomic E-state index is 13.3. The molecule has 7 nitrogen and oxygen atoms in total. The van der Waals surface area contributed by atoms with E-state index >= 15 is 0 Å². The van der Waals surface area contributed by atoms with Gasteiger partial charge in [0.1, 0.15) is 11.3 Å². The Labute approximate surface area is 184 Å². The number of pyridine rings is 1. The van der Waals surface area contributed by atoms with Gasteiger partial charge in [0.2, 0.25) is 5.91 Å². The molecule has 0 bridgehead atoms. The third-order valence-corrected chi connectivity index (χ3v) is 5.86. The van der Waals surface area contributed by atoms with Gasteiger partial charge in [-0.1, -0.05) is 6.07 Å². The number of hydrogen-bond donors (Lipinski definition) is 1. The van der Waals surface area contributed by atoms with Crippen LogP contribution in [-0.2, 0) is 11.3 Å². The maximum Gasteiger partial charge on any atom is 0.223 e. The predicted octanol–water partition coefficient (Wildman–Crippen LogP) is 3.46. The van der Waals surface area contributed by atoms with Crippen molar-refractivity contribution in [3.8, 4) is 11.3 Å². The molecule has 162 valence electrons. The topological polar surface area (TPSA) is 75.4 Å². The summed E-state index contributed by atoms with van der Waals surface area (Å²) in [4.78, 5) is 23.5. The molecule has 1 fully saturated rings. The summed E-state index contributed by atoms with van der Waals surface area (Å²) in [7, 11) is 0. The van der Waals surface area contributed by atoms with Crippen molar-refractivity contribution in [2.24, 2.45) is 5.92 Å². The molecule has 1 N–H and O–H groups in total. The van der Waals surface area contributed by atoms with Gasteiger partial charge >= 0.3 is 0 Å². The number of carbonyl (C=O) groups excluding carboxylic acids is 1. The molecule has 8 heteroatoms. The molecule has 1 saturated heterocycles. The third-order valence-electron chi connectivity index (χ3n) is 5.86. The van der Waals surface area contributed by atoms with Gasteiger partial charge in [-0.25, -0.2) is 13.9 Å². The standard InChI is InChI=1S/C24H23FN6O/c25-20-5-3-18(4-6-20)21-14-22-23(27-10-13-31(22)29-21)30-11-7-19(8-12-30)24(32)28-16-17-2-1-9-26-15-17/h1-6,9-10,13-15,19H,7-8,11-12,16H2,(H,28,32). The summed E-state index contributed by atoms with van der Waals surface area (Å²) in [6.07, 6.45) is 8.56. The minimum absolute atomic E-state index is 0.0117. The summed E-state index contributed by atoms with van der Waals surface area (Å²) in [6, 6.07) is 12.1. The number of piperidine rings is 1. The zero-order chi connectivity index (χ0) is 21.9. The van der Waals surface area contributed by atoms with Gasteiger partial charge in [-0.05, 0) is 54.8 Å². The number of aromatic nitrogens is 4. The van der Waals surface area contributed by atoms with Crippen molar-refractivity contribution in [2.75, 3.05) is 18.0 Å². The Bertz CT molecular complexity index is 1220. The Kier molecular flexibility index (Phi) is 5.49. The first kappa shape index (κ1) is 20.1. The summed E-state index contributed by atoms with van der Waals surface area (Å²) >= 11 is 0. The second-order valence-corrected chi connectivity index (χ2v) is 7.96. The molecule has 3 aromatic heterocycles. The fourth-order valence-corrected chi connectivity index (χ4v) is 4.10. The highest BCUT2D eigenvalue weighted by atomic mass is 19.1. The molecule has 1 aromatic carbocycles. The Hall–Kier alpha value is -3.81. The van der Waals surface area contributed by atoms with Crippen LogP contribution in [-0.4, -0.2) is 38.6 Å². The second kappa shape index (κ2) is 8.74. The van der Waals surface area contributed by atoms with Gasteiger partial charge in [0.05, 0.1) is 5.69 Å². The second-order valence-electron chi connectivity index (χ2n) is 7.96. The smallest absolute Gasteiger partial charge is 0.223 e. The van der Waals surface area contributed by atoms with Crippen molar-refractivity contribution in [3.05, 3.63) is 78.6 Å². The van der Waals surface area contributed by atoms with Crippen molar-refractivity contribution >= 4 is 17.2 Å². The molecule has 0 atom stereocenters. The van der Waals surface area contributed by atoms with Crippen LogP contribution >= 0.6 is 0 Å². The number of rotatable bonds is 5. The van der Waals surface area contributed by atoms with Crippen LogP contribution in [0, 0.1) is 11.7 Å². The summed E-state index contributed by atoms with van der Waals surface area (Å²) < 4.78 is 15.1. The van der Waals surface area contributed by atoms with Crippen molar-refractivity contribution in [3.63, 3.8) is 0 Å². The first-order valence-corrected chi connectivity index (χ1v) is 10.7. The molecular weight excluding hydrogens is 407 g/mol. The van der Waals surface area contributed by atoms with Crippen molar-refractivity contribution in [2.45, 2.75) is 19.4 Å². The van der Waals surface area contributed by atoms with Gasteiger partial charge < -0.3 is 10.2 Å². The Morgan fingerprint density at radius 3 is 2.69 bits per heavy atom. The molecule has 0 aliphatic carbocycles. The van der Waals surface area contributed by atoms with E-state index in [2.05, 4.69) is 25.3 Å². The first-order chi connectivity index (χ1) is 15.7. The summed E-state index contributed by atoms with van der Waals surface area (Å²) in [5.41, 5.74) is 3.51. The minimum atomic E-state index is -0.271. The molecule has 0 unspecified atom stereocenters. The van der Waals surface area contributed by atoms with Crippen molar-refractivity contribution < 1.29 is 9.18 Å². The Morgan fingerprint density at radius 1 is 1.12 bits per heavy atom. The van der Waals surface area contributed by atoms with Crippen LogP contribution < -0.4 is 10.2 Å². The number of fused-ring (bicyclic) bond motifs is 1. The van der Waals surface area contributed by atoms with E-state index in [1.165, 1.54) is 12.1 Å². The van der Waals surface area contributed by atoms with Crippen molar-refractivity contribution in [1.29, 1.82) is 0 Å². The van der Waals surface area contributed by atoms with Crippen LogP contribution in [0.3, 0.4) is 0 Å². The number of carbonyl (C=O) groups is 1. The Balaban J connectivity index is 1.26. The lowest BCUT2D eigenvalue weighted by Gasteiger charge is -2.32. The van der Waals surface area contributed by atoms with E-state index in [1.807, 2.05) is 24.4 Å². The van der Waals surface area contributed by atoms with E-state index in [0.717, 1.165) is 54.1 Å². The van der Waals surface area contributed by atoms with Gasteiger partial charge in [0.25, 0.3) is 0 Å². The number of hydrogen-bond acceptors (Lipinski definition) is 5. The summed E-state index contributed by atoms with van der Waals surface area (Å²) in [5.74, 6) is 0.653. The number of halogens is 1. The number of benzene rings is 1. The van der Waals surface area contributed by atoms with Crippen LogP contribution in [0.25, 0.3) is 16.8 Å². The van der Waals surface area contributed by atoms with E-state index in [0.29, 0.717) is 6.54 Å². The van der Waals surface area contributed by atoms with Crippen LogP contribution in [0.5, 0.6) is 0 Å². The van der Waals surface area contributed by atoms with Gasteiger partial charge in [0, 0.05) is 55.9 Å². The zero-order valence-electron chi connectivity index (χ0n) is 17.5. The van der Waals surface area contributed by atoms with Crippen LogP contribution in [0.4, 0.5) is 10.2 Å². The van der Waals surface area contributed by atoms with Crippen LogP contribution in [0.15, 0.2) is 67.3 Å². The summed E-state index contributed by atoms with van der Waals surface area (Å²) in [5, 5.41) is 7.65. The Morgan fingerprint density at radius 2 is 1.94 bits per heavy atom. The highest BCUT2D eigenvalue weighted by Gasteiger charge is 2.26. The van der Waals surface area contributed by atoms with Gasteiger partial charge in [-0.15, -0.1) is 0 Å². The molecule has 1 amide bonds. The van der Waals surface area contributed by atoms with Gasteiger partial charge in [-0.2, -0.15) is 5.10 Å². The normalized spacial score (nSPS) is 14.6. The minimum Gasteiger partial charge on any atom is -0.355 e. The SMILES string of the molecule is O=C(NCc1cccnc1)C1CCN(c2nccn3nc(-c4ccc(F)cc4)cc23)CC1. The molecule has 1 aliphatic heterocycles. The van der Waals surface area contributed by atoms with Crippen LogP contribution in [0.2, 0.25) is 0 Å².